The highest BCUT2D eigenvalue weighted by molar-refractivity contribution is 6.10. The molecule has 0 saturated carbocycles. The van der Waals surface area contributed by atoms with E-state index in [-0.39, 0.29) is 24.5 Å². The van der Waals surface area contributed by atoms with Crippen molar-refractivity contribution >= 4 is 28.3 Å². The largest absolute Gasteiger partial charge is 0.481 e. The molecule has 1 atom stereocenters. The molecule has 0 radical (unpaired) electrons. The van der Waals surface area contributed by atoms with Gasteiger partial charge in [-0.2, -0.15) is 0 Å². The molecule has 0 aliphatic rings. The van der Waals surface area contributed by atoms with Gasteiger partial charge in [0.2, 0.25) is 0 Å². The number of carbonyl (C=O) groups excluding carboxylic acids is 1. The van der Waals surface area contributed by atoms with Crippen LogP contribution in [0, 0.1) is 12.5 Å². The molecular formula is C27H30N2O4. The Labute approximate surface area is 194 Å². The number of carboxylic acid groups (broad SMARTS) is 1. The van der Waals surface area contributed by atoms with Gasteiger partial charge in [0.05, 0.1) is 13.2 Å². The van der Waals surface area contributed by atoms with Crippen molar-refractivity contribution in [3.05, 3.63) is 76.8 Å². The minimum Gasteiger partial charge on any atom is -0.481 e. The average Bonchev–Trinajstić information content (AvgIpc) is 3.07. The van der Waals surface area contributed by atoms with Gasteiger partial charge in [0.1, 0.15) is 0 Å². The maximum Gasteiger partial charge on any atom is 0.303 e. The van der Waals surface area contributed by atoms with Gasteiger partial charge in [-0.3, -0.25) is 9.59 Å². The number of unbranched alkanes of at least 4 members (excludes halogenated alkanes) is 1. The van der Waals surface area contributed by atoms with Crippen LogP contribution in [-0.4, -0.2) is 28.0 Å². The number of fused-ring (bicyclic) bond motifs is 1. The van der Waals surface area contributed by atoms with Crippen LogP contribution in [0.4, 0.5) is 5.69 Å². The monoisotopic (exact) mass is 446 g/mol. The molecule has 1 heterocycles. The van der Waals surface area contributed by atoms with Crippen molar-refractivity contribution in [1.29, 1.82) is 0 Å². The second-order valence-electron chi connectivity index (χ2n) is 8.52. The highest BCUT2D eigenvalue weighted by atomic mass is 16.5. The summed E-state index contributed by atoms with van der Waals surface area (Å²) in [6, 6.07) is 15.5. The fraction of sp³-hybridized carbons (Fsp3) is 0.370. The molecule has 3 rings (SSSR count). The molecule has 172 valence electrons. The number of carboxylic acids is 1. The van der Waals surface area contributed by atoms with Crippen LogP contribution in [-0.2, 0) is 29.6 Å². The maximum atomic E-state index is 13.3. The van der Waals surface area contributed by atoms with Gasteiger partial charge >= 0.3 is 5.97 Å². The average molecular weight is 447 g/mol. The number of Topliss-reactive ketones (excluding diaryl/α,β-unsaturated/α-hetero) is 1. The van der Waals surface area contributed by atoms with Crippen LogP contribution >= 0.6 is 0 Å². The van der Waals surface area contributed by atoms with E-state index in [0.29, 0.717) is 30.9 Å². The molecule has 2 aromatic carbocycles. The van der Waals surface area contributed by atoms with Gasteiger partial charge in [0.15, 0.2) is 11.5 Å². The summed E-state index contributed by atoms with van der Waals surface area (Å²) in [5, 5.41) is 9.84. The summed E-state index contributed by atoms with van der Waals surface area (Å²) in [5.74, 6) is -1.22. The van der Waals surface area contributed by atoms with E-state index in [2.05, 4.69) is 4.85 Å². The highest BCUT2D eigenvalue weighted by Gasteiger charge is 2.23. The predicted molar refractivity (Wildman–Crippen MR) is 129 cm³/mol. The lowest BCUT2D eigenvalue weighted by Crippen LogP contribution is -2.12. The smallest absolute Gasteiger partial charge is 0.303 e. The summed E-state index contributed by atoms with van der Waals surface area (Å²) in [6.45, 7) is 10.3. The molecule has 0 fully saturated rings. The first-order chi connectivity index (χ1) is 15.9. The van der Waals surface area contributed by atoms with E-state index in [1.54, 1.807) is 19.1 Å². The third-order valence-electron chi connectivity index (χ3n) is 5.83. The van der Waals surface area contributed by atoms with E-state index in [9.17, 15) is 9.59 Å². The fourth-order valence-corrected chi connectivity index (χ4v) is 4.21. The van der Waals surface area contributed by atoms with Crippen molar-refractivity contribution in [3.8, 4) is 0 Å². The third kappa shape index (κ3) is 6.30. The standard InChI is InChI=1S/C27H30N2O4/c1-19(16-26(31)32)15-25(30)27-22-17-21(28-2)12-13-23(22)29(3)24(27)11-7-8-14-33-18-20-9-5-4-6-10-20/h4-6,9-10,12-13,17,19H,7-8,11,14-16,18H2,1,3H3,(H,31,32)/t19-/m1/s1. The first kappa shape index (κ1) is 24.2. The molecule has 0 aliphatic heterocycles. The van der Waals surface area contributed by atoms with Crippen molar-refractivity contribution in [2.24, 2.45) is 13.0 Å². The van der Waals surface area contributed by atoms with Gasteiger partial charge in [-0.25, -0.2) is 4.85 Å². The molecule has 0 amide bonds. The SMILES string of the molecule is [C-]#[N+]c1ccc2c(c1)c(C(=O)C[C@@H](C)CC(=O)O)c(CCCCOCc1ccccc1)n2C. The number of aromatic nitrogens is 1. The first-order valence-electron chi connectivity index (χ1n) is 11.3. The topological polar surface area (TPSA) is 72.9 Å². The predicted octanol–water partition coefficient (Wildman–Crippen LogP) is 5.95. The summed E-state index contributed by atoms with van der Waals surface area (Å²) in [6.07, 6.45) is 2.56. The number of hydrogen-bond acceptors (Lipinski definition) is 3. The number of ether oxygens (including phenoxy) is 1. The van der Waals surface area contributed by atoms with Gasteiger partial charge in [-0.05, 0) is 42.9 Å². The summed E-state index contributed by atoms with van der Waals surface area (Å²) in [7, 11) is 1.94. The van der Waals surface area contributed by atoms with E-state index >= 15 is 0 Å². The van der Waals surface area contributed by atoms with Crippen LogP contribution in [0.25, 0.3) is 15.7 Å². The van der Waals surface area contributed by atoms with Gasteiger partial charge in [-0.15, -0.1) is 0 Å². The van der Waals surface area contributed by atoms with Crippen LogP contribution in [0.5, 0.6) is 0 Å². The Balaban J connectivity index is 1.73. The minimum atomic E-state index is -0.903. The lowest BCUT2D eigenvalue weighted by molar-refractivity contribution is -0.137. The molecule has 3 aromatic rings. The number of benzene rings is 2. The number of rotatable bonds is 12. The second-order valence-corrected chi connectivity index (χ2v) is 8.52. The maximum absolute atomic E-state index is 13.3. The van der Waals surface area contributed by atoms with Crippen LogP contribution in [0.1, 0.15) is 54.2 Å². The highest BCUT2D eigenvalue weighted by Crippen LogP contribution is 2.32. The van der Waals surface area contributed by atoms with E-state index in [4.69, 9.17) is 16.4 Å². The molecule has 0 spiro atoms. The van der Waals surface area contributed by atoms with Crippen molar-refractivity contribution in [1.82, 2.24) is 4.57 Å². The summed E-state index contributed by atoms with van der Waals surface area (Å²) in [5.41, 5.74) is 4.10. The van der Waals surface area contributed by atoms with Crippen LogP contribution in [0.3, 0.4) is 0 Å². The lowest BCUT2D eigenvalue weighted by atomic mass is 9.94. The number of aliphatic carboxylic acids is 1. The number of carbonyl (C=O) groups is 2. The molecule has 0 aliphatic carbocycles. The van der Waals surface area contributed by atoms with Gasteiger partial charge < -0.3 is 14.4 Å². The first-order valence-corrected chi connectivity index (χ1v) is 11.3. The summed E-state index contributed by atoms with van der Waals surface area (Å²) in [4.78, 5) is 27.8. The van der Waals surface area contributed by atoms with E-state index < -0.39 is 5.97 Å². The van der Waals surface area contributed by atoms with Gasteiger partial charge in [0, 0.05) is 48.7 Å². The Kier molecular flexibility index (Phi) is 8.39. The molecule has 6 heteroatoms. The van der Waals surface area contributed by atoms with Gasteiger partial charge in [0.25, 0.3) is 0 Å². The zero-order valence-corrected chi connectivity index (χ0v) is 19.2. The van der Waals surface area contributed by atoms with Crippen LogP contribution in [0.2, 0.25) is 0 Å². The molecule has 6 nitrogen and oxygen atoms in total. The van der Waals surface area contributed by atoms with E-state index in [0.717, 1.165) is 35.0 Å². The molecule has 1 aromatic heterocycles. The van der Waals surface area contributed by atoms with Crippen molar-refractivity contribution in [2.75, 3.05) is 6.61 Å². The molecule has 0 bridgehead atoms. The number of nitrogens with zero attached hydrogens (tertiary/aromatic N) is 2. The third-order valence-corrected chi connectivity index (χ3v) is 5.83. The van der Waals surface area contributed by atoms with Gasteiger partial charge in [-0.1, -0.05) is 43.3 Å². The second kappa shape index (κ2) is 11.4. The Morgan fingerprint density at radius 1 is 1.12 bits per heavy atom. The lowest BCUT2D eigenvalue weighted by Gasteiger charge is -2.11. The van der Waals surface area contributed by atoms with Crippen molar-refractivity contribution in [2.45, 2.75) is 45.6 Å². The Morgan fingerprint density at radius 2 is 1.88 bits per heavy atom. The van der Waals surface area contributed by atoms with Crippen molar-refractivity contribution < 1.29 is 19.4 Å². The number of ketones is 1. The molecule has 1 N–H and O–H groups in total. The zero-order chi connectivity index (χ0) is 23.8. The number of hydrogen-bond donors (Lipinski definition) is 1. The van der Waals surface area contributed by atoms with Crippen molar-refractivity contribution in [3.63, 3.8) is 0 Å². The summed E-state index contributed by atoms with van der Waals surface area (Å²) >= 11 is 0. The molecule has 0 saturated heterocycles. The van der Waals surface area contributed by atoms with Crippen LogP contribution < -0.4 is 0 Å². The quantitative estimate of drug-likeness (QED) is 0.212. The van der Waals surface area contributed by atoms with Crippen LogP contribution in [0.15, 0.2) is 48.5 Å². The Bertz CT molecular complexity index is 1160. The normalized spacial score (nSPS) is 11.9. The number of aryl methyl sites for hydroxylation is 1. The zero-order valence-electron chi connectivity index (χ0n) is 19.2. The molecule has 33 heavy (non-hydrogen) atoms. The molecule has 0 unspecified atom stereocenters. The van der Waals surface area contributed by atoms with E-state index in [1.807, 2.05) is 48.0 Å². The molecular weight excluding hydrogens is 416 g/mol. The van der Waals surface area contributed by atoms with E-state index in [1.165, 1.54) is 0 Å². The Morgan fingerprint density at radius 3 is 2.58 bits per heavy atom. The minimum absolute atomic E-state index is 0.0438. The fourth-order valence-electron chi connectivity index (χ4n) is 4.21. The summed E-state index contributed by atoms with van der Waals surface area (Å²) < 4.78 is 7.81. The Hall–Kier alpha value is -3.43.